The number of hydrazine groups is 1. The molecule has 1 heterocycles. The number of thiocarbonyl (C=S) groups is 1. The lowest BCUT2D eigenvalue weighted by Crippen LogP contribution is -2.45. The van der Waals surface area contributed by atoms with Crippen LogP contribution < -0.4 is 11.2 Å². The molecule has 0 unspecified atom stereocenters. The van der Waals surface area contributed by atoms with Crippen LogP contribution in [0.2, 0.25) is 0 Å². The summed E-state index contributed by atoms with van der Waals surface area (Å²) in [5.41, 5.74) is 8.14. The quantitative estimate of drug-likeness (QED) is 0.535. The van der Waals surface area contributed by atoms with E-state index in [0.29, 0.717) is 5.69 Å². The van der Waals surface area contributed by atoms with Crippen molar-refractivity contribution in [1.29, 1.82) is 0 Å². The molecule has 3 N–H and O–H groups in total. The molecule has 1 aromatic heterocycles. The second kappa shape index (κ2) is 4.34. The first-order chi connectivity index (χ1) is 6.50. The number of thiazole rings is 1. The summed E-state index contributed by atoms with van der Waals surface area (Å²) in [4.78, 5) is 15.5. The van der Waals surface area contributed by atoms with Gasteiger partial charge in [-0.1, -0.05) is 0 Å². The molecule has 0 aliphatic carbocycles. The molecule has 0 spiro atoms. The fraction of sp³-hybridized carbons (Fsp3) is 0.286. The number of hydrogen-bond donors (Lipinski definition) is 2. The number of aromatic nitrogens is 1. The average molecular weight is 230 g/mol. The van der Waals surface area contributed by atoms with E-state index in [4.69, 9.17) is 5.73 Å². The Morgan fingerprint density at radius 1 is 1.79 bits per heavy atom. The summed E-state index contributed by atoms with van der Waals surface area (Å²) >= 11 is 6.08. The first-order valence-corrected chi connectivity index (χ1v) is 5.05. The zero-order chi connectivity index (χ0) is 10.7. The highest BCUT2D eigenvalue weighted by atomic mass is 32.1. The van der Waals surface area contributed by atoms with Gasteiger partial charge in [0.25, 0.3) is 5.91 Å². The summed E-state index contributed by atoms with van der Waals surface area (Å²) in [6.07, 6.45) is 0. The van der Waals surface area contributed by atoms with Crippen molar-refractivity contribution in [3.8, 4) is 0 Å². The Bertz CT molecular complexity index is 362. The highest BCUT2D eigenvalue weighted by Gasteiger charge is 2.11. The molecule has 0 saturated heterocycles. The molecule has 0 saturated carbocycles. The molecule has 0 aliphatic heterocycles. The molecule has 0 radical (unpaired) electrons. The monoisotopic (exact) mass is 230 g/mol. The maximum atomic E-state index is 11.4. The number of carbonyl (C=O) groups excluding carboxylic acids is 1. The normalized spacial score (nSPS) is 9.57. The van der Waals surface area contributed by atoms with E-state index < -0.39 is 0 Å². The first kappa shape index (κ1) is 10.9. The maximum Gasteiger partial charge on any atom is 0.289 e. The summed E-state index contributed by atoms with van der Waals surface area (Å²) in [7, 11) is 1.57. The SMILES string of the molecule is Cc1nc(C(=O)NN(C)C(N)=S)cs1. The van der Waals surface area contributed by atoms with Crippen LogP contribution in [0.4, 0.5) is 0 Å². The van der Waals surface area contributed by atoms with Crippen molar-refractivity contribution in [2.75, 3.05) is 7.05 Å². The van der Waals surface area contributed by atoms with Crippen LogP contribution >= 0.6 is 23.6 Å². The van der Waals surface area contributed by atoms with Gasteiger partial charge in [0.15, 0.2) is 5.11 Å². The van der Waals surface area contributed by atoms with Gasteiger partial charge in [0.05, 0.1) is 5.01 Å². The van der Waals surface area contributed by atoms with Gasteiger partial charge < -0.3 is 5.73 Å². The highest BCUT2D eigenvalue weighted by Crippen LogP contribution is 2.07. The van der Waals surface area contributed by atoms with Gasteiger partial charge in [-0.25, -0.2) is 4.98 Å². The molecule has 1 rings (SSSR count). The van der Waals surface area contributed by atoms with Crippen LogP contribution in [-0.2, 0) is 0 Å². The molecule has 0 aliphatic rings. The molecule has 1 aromatic rings. The zero-order valence-corrected chi connectivity index (χ0v) is 9.41. The topological polar surface area (TPSA) is 71.2 Å². The van der Waals surface area contributed by atoms with E-state index in [2.05, 4.69) is 22.6 Å². The van der Waals surface area contributed by atoms with Gasteiger partial charge in [-0.3, -0.25) is 15.2 Å². The van der Waals surface area contributed by atoms with Crippen molar-refractivity contribution in [3.63, 3.8) is 0 Å². The van der Waals surface area contributed by atoms with Crippen LogP contribution in [0.25, 0.3) is 0 Å². The van der Waals surface area contributed by atoms with Crippen molar-refractivity contribution >= 4 is 34.6 Å². The molecular weight excluding hydrogens is 220 g/mol. The van der Waals surface area contributed by atoms with Crippen molar-refractivity contribution < 1.29 is 4.79 Å². The van der Waals surface area contributed by atoms with E-state index in [0.717, 1.165) is 5.01 Å². The molecule has 7 heteroatoms. The Hall–Kier alpha value is -1.21. The van der Waals surface area contributed by atoms with Crippen LogP contribution in [0.3, 0.4) is 0 Å². The first-order valence-electron chi connectivity index (χ1n) is 3.77. The van der Waals surface area contributed by atoms with Gasteiger partial charge in [0.2, 0.25) is 0 Å². The van der Waals surface area contributed by atoms with Crippen LogP contribution in [-0.4, -0.2) is 28.1 Å². The van der Waals surface area contributed by atoms with Crippen LogP contribution in [0.5, 0.6) is 0 Å². The maximum absolute atomic E-state index is 11.4. The second-order valence-electron chi connectivity index (χ2n) is 2.59. The third-order valence-electron chi connectivity index (χ3n) is 1.45. The summed E-state index contributed by atoms with van der Waals surface area (Å²) in [6, 6.07) is 0. The number of nitrogens with zero attached hydrogens (tertiary/aromatic N) is 2. The molecule has 0 aromatic carbocycles. The Morgan fingerprint density at radius 3 is 2.86 bits per heavy atom. The van der Waals surface area contributed by atoms with Crippen molar-refractivity contribution in [2.24, 2.45) is 5.73 Å². The third kappa shape index (κ3) is 2.64. The third-order valence-corrected chi connectivity index (χ3v) is 2.50. The number of aryl methyl sites for hydroxylation is 1. The van der Waals surface area contributed by atoms with E-state index in [1.54, 1.807) is 12.4 Å². The van der Waals surface area contributed by atoms with E-state index in [1.165, 1.54) is 16.3 Å². The lowest BCUT2D eigenvalue weighted by molar-refractivity contribution is 0.0883. The van der Waals surface area contributed by atoms with Gasteiger partial charge in [0.1, 0.15) is 5.69 Å². The number of nitrogens with one attached hydrogen (secondary N) is 1. The van der Waals surface area contributed by atoms with E-state index >= 15 is 0 Å². The van der Waals surface area contributed by atoms with Crippen molar-refractivity contribution in [1.82, 2.24) is 15.4 Å². The van der Waals surface area contributed by atoms with Crippen LogP contribution in [0.15, 0.2) is 5.38 Å². The van der Waals surface area contributed by atoms with E-state index in [9.17, 15) is 4.79 Å². The standard InChI is InChI=1S/C7H10N4OS2/c1-4-9-5(3-14-4)6(12)10-11(2)7(8)13/h3H,1-2H3,(H2,8,13)(H,10,12). The molecular formula is C7H10N4OS2. The number of hydrogen-bond acceptors (Lipinski definition) is 4. The minimum absolute atomic E-state index is 0.102. The molecule has 0 bridgehead atoms. The van der Waals surface area contributed by atoms with Crippen molar-refractivity contribution in [2.45, 2.75) is 6.92 Å². The summed E-state index contributed by atoms with van der Waals surface area (Å²) < 4.78 is 0. The summed E-state index contributed by atoms with van der Waals surface area (Å²) in [6.45, 7) is 1.83. The van der Waals surface area contributed by atoms with Crippen LogP contribution in [0.1, 0.15) is 15.5 Å². The summed E-state index contributed by atoms with van der Waals surface area (Å²) in [5, 5.41) is 3.89. The Kier molecular flexibility index (Phi) is 3.37. The summed E-state index contributed by atoms with van der Waals surface area (Å²) in [5.74, 6) is -0.315. The minimum atomic E-state index is -0.315. The molecule has 1 amide bonds. The molecule has 5 nitrogen and oxygen atoms in total. The minimum Gasteiger partial charge on any atom is -0.375 e. The average Bonchev–Trinajstić information content (AvgIpc) is 2.51. The van der Waals surface area contributed by atoms with Gasteiger partial charge >= 0.3 is 0 Å². The lowest BCUT2D eigenvalue weighted by Gasteiger charge is -2.16. The molecule has 14 heavy (non-hydrogen) atoms. The number of rotatable bonds is 1. The Labute approximate surface area is 90.9 Å². The van der Waals surface area contributed by atoms with E-state index in [-0.39, 0.29) is 11.0 Å². The molecule has 0 fully saturated rings. The van der Waals surface area contributed by atoms with Gasteiger partial charge in [-0.05, 0) is 19.1 Å². The Morgan fingerprint density at radius 2 is 2.43 bits per heavy atom. The highest BCUT2D eigenvalue weighted by molar-refractivity contribution is 7.80. The van der Waals surface area contributed by atoms with E-state index in [1.807, 2.05) is 6.92 Å². The predicted octanol–water partition coefficient (Wildman–Crippen LogP) is 0.272. The molecule has 0 atom stereocenters. The fourth-order valence-corrected chi connectivity index (χ4v) is 1.37. The molecule has 76 valence electrons. The number of nitrogens with two attached hydrogens (primary N) is 1. The van der Waals surface area contributed by atoms with Gasteiger partial charge in [0, 0.05) is 12.4 Å². The number of carbonyl (C=O) groups is 1. The predicted molar refractivity (Wildman–Crippen MR) is 58.9 cm³/mol. The zero-order valence-electron chi connectivity index (χ0n) is 7.77. The van der Waals surface area contributed by atoms with Gasteiger partial charge in [-0.2, -0.15) is 0 Å². The second-order valence-corrected chi connectivity index (χ2v) is 4.07. The fourth-order valence-electron chi connectivity index (χ4n) is 0.732. The lowest BCUT2D eigenvalue weighted by atomic mass is 10.5. The van der Waals surface area contributed by atoms with Crippen molar-refractivity contribution in [3.05, 3.63) is 16.1 Å². The van der Waals surface area contributed by atoms with Gasteiger partial charge in [-0.15, -0.1) is 11.3 Å². The number of amides is 1. The smallest absolute Gasteiger partial charge is 0.289 e. The van der Waals surface area contributed by atoms with Crippen LogP contribution in [0, 0.1) is 6.92 Å². The Balaban J connectivity index is 2.63. The largest absolute Gasteiger partial charge is 0.375 e.